The van der Waals surface area contributed by atoms with Gasteiger partial charge in [-0.05, 0) is 38.0 Å². The van der Waals surface area contributed by atoms with Crippen molar-refractivity contribution in [2.75, 3.05) is 13.1 Å². The Kier molecular flexibility index (Phi) is 3.74. The van der Waals surface area contributed by atoms with Crippen molar-refractivity contribution in [3.63, 3.8) is 0 Å². The number of piperazine rings is 1. The van der Waals surface area contributed by atoms with Gasteiger partial charge in [-0.3, -0.25) is 9.59 Å². The lowest BCUT2D eigenvalue weighted by Gasteiger charge is -2.40. The highest BCUT2D eigenvalue weighted by molar-refractivity contribution is 5.98. The monoisotopic (exact) mass is 278 g/mol. The van der Waals surface area contributed by atoms with Crippen molar-refractivity contribution in [2.45, 2.75) is 63.8 Å². The summed E-state index contributed by atoms with van der Waals surface area (Å²) in [5, 5.41) is 2.94. The lowest BCUT2D eigenvalue weighted by molar-refractivity contribution is -0.150. The van der Waals surface area contributed by atoms with E-state index in [1.54, 1.807) is 0 Å². The average Bonchev–Trinajstić information content (AvgIpc) is 3.27. The van der Waals surface area contributed by atoms with Crippen molar-refractivity contribution in [1.29, 1.82) is 0 Å². The first-order chi connectivity index (χ1) is 9.59. The Morgan fingerprint density at radius 2 is 1.85 bits per heavy atom. The van der Waals surface area contributed by atoms with Crippen molar-refractivity contribution in [2.24, 2.45) is 11.8 Å². The molecule has 4 nitrogen and oxygen atoms in total. The number of rotatable bonds is 4. The van der Waals surface area contributed by atoms with Crippen LogP contribution < -0.4 is 5.32 Å². The molecule has 2 amide bonds. The molecule has 1 N–H and O–H groups in total. The minimum absolute atomic E-state index is 0.0163. The summed E-state index contributed by atoms with van der Waals surface area (Å²) in [7, 11) is 0. The molecule has 20 heavy (non-hydrogen) atoms. The van der Waals surface area contributed by atoms with Crippen LogP contribution in [0.25, 0.3) is 0 Å². The van der Waals surface area contributed by atoms with Crippen molar-refractivity contribution in [3.05, 3.63) is 0 Å². The average molecular weight is 278 g/mol. The van der Waals surface area contributed by atoms with Crippen molar-refractivity contribution in [1.82, 2.24) is 10.2 Å². The Balaban J connectivity index is 1.59. The van der Waals surface area contributed by atoms with Gasteiger partial charge in [-0.1, -0.05) is 32.1 Å². The third kappa shape index (κ3) is 2.70. The molecule has 0 bridgehead atoms. The Morgan fingerprint density at radius 1 is 1.15 bits per heavy atom. The van der Waals surface area contributed by atoms with E-state index in [2.05, 4.69) is 5.32 Å². The molecule has 1 aliphatic heterocycles. The van der Waals surface area contributed by atoms with Crippen LogP contribution in [0.15, 0.2) is 0 Å². The summed E-state index contributed by atoms with van der Waals surface area (Å²) < 4.78 is 0. The molecular weight excluding hydrogens is 252 g/mol. The fourth-order valence-electron chi connectivity index (χ4n) is 3.89. The van der Waals surface area contributed by atoms with Gasteiger partial charge in [0, 0.05) is 6.54 Å². The quantitative estimate of drug-likeness (QED) is 0.856. The standard InChI is InChI=1S/C16H26N2O2/c1-16(13-7-8-13)15(20)18(11-14(19)17-16)10-9-12-5-3-2-4-6-12/h12-13H,2-11H2,1H3,(H,17,19). The van der Waals surface area contributed by atoms with Gasteiger partial charge >= 0.3 is 0 Å². The number of carbonyl (C=O) groups excluding carboxylic acids is 2. The summed E-state index contributed by atoms with van der Waals surface area (Å²) in [4.78, 5) is 26.4. The van der Waals surface area contributed by atoms with Gasteiger partial charge in [-0.25, -0.2) is 0 Å². The van der Waals surface area contributed by atoms with Crippen molar-refractivity contribution < 1.29 is 9.59 Å². The minimum atomic E-state index is -0.623. The zero-order chi connectivity index (χ0) is 14.2. The number of hydrogen-bond acceptors (Lipinski definition) is 2. The maximum Gasteiger partial charge on any atom is 0.248 e. The van der Waals surface area contributed by atoms with Crippen LogP contribution >= 0.6 is 0 Å². The molecule has 1 heterocycles. The first-order valence-electron chi connectivity index (χ1n) is 8.20. The van der Waals surface area contributed by atoms with Gasteiger partial charge in [-0.2, -0.15) is 0 Å². The first-order valence-corrected chi connectivity index (χ1v) is 8.20. The van der Waals surface area contributed by atoms with Crippen LogP contribution in [0.4, 0.5) is 0 Å². The van der Waals surface area contributed by atoms with Crippen LogP contribution in [-0.2, 0) is 9.59 Å². The number of carbonyl (C=O) groups is 2. The van der Waals surface area contributed by atoms with Crippen LogP contribution in [0.2, 0.25) is 0 Å². The van der Waals surface area contributed by atoms with Gasteiger partial charge in [0.1, 0.15) is 5.54 Å². The molecule has 3 rings (SSSR count). The highest BCUT2D eigenvalue weighted by Crippen LogP contribution is 2.41. The molecule has 0 aromatic heterocycles. The molecule has 0 aromatic rings. The third-order valence-electron chi connectivity index (χ3n) is 5.39. The van der Waals surface area contributed by atoms with E-state index < -0.39 is 5.54 Å². The molecule has 3 fully saturated rings. The zero-order valence-electron chi connectivity index (χ0n) is 12.5. The number of nitrogens with zero attached hydrogens (tertiary/aromatic N) is 1. The molecule has 3 aliphatic rings. The van der Waals surface area contributed by atoms with Crippen LogP contribution in [0.5, 0.6) is 0 Å². The number of amides is 2. The smallest absolute Gasteiger partial charge is 0.248 e. The van der Waals surface area contributed by atoms with Crippen LogP contribution in [0.3, 0.4) is 0 Å². The summed E-state index contributed by atoms with van der Waals surface area (Å²) in [5.41, 5.74) is -0.623. The van der Waals surface area contributed by atoms with E-state index in [1.807, 2.05) is 11.8 Å². The van der Waals surface area contributed by atoms with E-state index in [1.165, 1.54) is 32.1 Å². The molecule has 1 atom stereocenters. The molecular formula is C16H26N2O2. The van der Waals surface area contributed by atoms with Crippen molar-refractivity contribution >= 4 is 11.8 Å². The SMILES string of the molecule is CC1(C2CC2)NC(=O)CN(CCC2CCCCC2)C1=O. The third-order valence-corrected chi connectivity index (χ3v) is 5.39. The Hall–Kier alpha value is -1.06. The lowest BCUT2D eigenvalue weighted by Crippen LogP contribution is -2.66. The first kappa shape index (κ1) is 13.9. The highest BCUT2D eigenvalue weighted by Gasteiger charge is 2.52. The predicted molar refractivity (Wildman–Crippen MR) is 77.0 cm³/mol. The summed E-state index contributed by atoms with van der Waals surface area (Å²) >= 11 is 0. The van der Waals surface area contributed by atoms with Gasteiger partial charge < -0.3 is 10.2 Å². The van der Waals surface area contributed by atoms with Gasteiger partial charge in [0.05, 0.1) is 6.54 Å². The van der Waals surface area contributed by atoms with E-state index in [0.717, 1.165) is 31.7 Å². The van der Waals surface area contributed by atoms with E-state index in [4.69, 9.17) is 0 Å². The molecule has 0 radical (unpaired) electrons. The second-order valence-corrected chi connectivity index (χ2v) is 7.04. The van der Waals surface area contributed by atoms with E-state index in [0.29, 0.717) is 5.92 Å². The summed E-state index contributed by atoms with van der Waals surface area (Å²) in [6, 6.07) is 0. The largest absolute Gasteiger partial charge is 0.340 e. The molecule has 1 saturated heterocycles. The fourth-order valence-corrected chi connectivity index (χ4v) is 3.89. The number of hydrogen-bond donors (Lipinski definition) is 1. The second kappa shape index (κ2) is 5.38. The van der Waals surface area contributed by atoms with E-state index in [-0.39, 0.29) is 18.4 Å². The Labute approximate surface area is 121 Å². The summed E-state index contributed by atoms with van der Waals surface area (Å²) in [6.07, 6.45) is 9.83. The molecule has 0 spiro atoms. The maximum atomic E-state index is 12.7. The molecule has 2 aliphatic carbocycles. The van der Waals surface area contributed by atoms with Gasteiger partial charge in [-0.15, -0.1) is 0 Å². The van der Waals surface area contributed by atoms with Gasteiger partial charge in [0.15, 0.2) is 0 Å². The normalized spacial score (nSPS) is 32.4. The fraction of sp³-hybridized carbons (Fsp3) is 0.875. The summed E-state index contributed by atoms with van der Waals surface area (Å²) in [5.74, 6) is 1.28. The Bertz CT molecular complexity index is 399. The second-order valence-electron chi connectivity index (χ2n) is 7.04. The molecule has 112 valence electrons. The van der Waals surface area contributed by atoms with Crippen LogP contribution in [0, 0.1) is 11.8 Å². The van der Waals surface area contributed by atoms with Crippen molar-refractivity contribution in [3.8, 4) is 0 Å². The maximum absolute atomic E-state index is 12.7. The predicted octanol–water partition coefficient (Wildman–Crippen LogP) is 2.08. The zero-order valence-corrected chi connectivity index (χ0v) is 12.5. The molecule has 4 heteroatoms. The number of nitrogens with one attached hydrogen (secondary N) is 1. The van der Waals surface area contributed by atoms with Gasteiger partial charge in [0.25, 0.3) is 0 Å². The van der Waals surface area contributed by atoms with E-state index in [9.17, 15) is 9.59 Å². The Morgan fingerprint density at radius 3 is 2.50 bits per heavy atom. The van der Waals surface area contributed by atoms with Crippen LogP contribution in [-0.4, -0.2) is 35.3 Å². The van der Waals surface area contributed by atoms with Gasteiger partial charge in [0.2, 0.25) is 11.8 Å². The molecule has 0 aromatic carbocycles. The molecule has 1 unspecified atom stereocenters. The molecule has 2 saturated carbocycles. The lowest BCUT2D eigenvalue weighted by atomic mass is 9.86. The topological polar surface area (TPSA) is 49.4 Å². The van der Waals surface area contributed by atoms with E-state index >= 15 is 0 Å². The van der Waals surface area contributed by atoms with Crippen LogP contribution in [0.1, 0.15) is 58.3 Å². The minimum Gasteiger partial charge on any atom is -0.340 e. The highest BCUT2D eigenvalue weighted by atomic mass is 16.2. The summed E-state index contributed by atoms with van der Waals surface area (Å²) in [6.45, 7) is 2.94.